The van der Waals surface area contributed by atoms with Crippen LogP contribution in [0.4, 0.5) is 0 Å². The molecule has 3 saturated heterocycles. The van der Waals surface area contributed by atoms with E-state index in [4.69, 9.17) is 9.31 Å². The molecule has 140 valence electrons. The first-order valence-electron chi connectivity index (χ1n) is 9.97. The van der Waals surface area contributed by atoms with Crippen LogP contribution in [-0.2, 0) is 20.5 Å². The molecule has 0 amide bonds. The van der Waals surface area contributed by atoms with Crippen molar-refractivity contribution in [2.24, 2.45) is 5.92 Å². The molecule has 0 saturated carbocycles. The molecule has 26 heavy (non-hydrogen) atoms. The summed E-state index contributed by atoms with van der Waals surface area (Å²) >= 11 is 0. The lowest BCUT2D eigenvalue weighted by Crippen LogP contribution is -2.41. The number of ketones is 1. The van der Waals surface area contributed by atoms with Crippen molar-refractivity contribution in [3.63, 3.8) is 0 Å². The van der Waals surface area contributed by atoms with Gasteiger partial charge in [-0.1, -0.05) is 24.3 Å². The van der Waals surface area contributed by atoms with Crippen molar-refractivity contribution >= 4 is 18.4 Å². The predicted molar refractivity (Wildman–Crippen MR) is 104 cm³/mol. The van der Waals surface area contributed by atoms with E-state index in [0.717, 1.165) is 23.9 Å². The molecule has 0 radical (unpaired) electrons. The zero-order chi connectivity index (χ0) is 18.5. The fourth-order valence-electron chi connectivity index (χ4n) is 4.49. The van der Waals surface area contributed by atoms with Gasteiger partial charge in [0.2, 0.25) is 0 Å². The second-order valence-electron chi connectivity index (χ2n) is 9.28. The number of benzene rings is 1. The topological polar surface area (TPSA) is 47.6 Å². The molecule has 2 unspecified atom stereocenters. The molecule has 2 atom stereocenters. The van der Waals surface area contributed by atoms with Crippen molar-refractivity contribution in [2.75, 3.05) is 0 Å². The van der Waals surface area contributed by atoms with Gasteiger partial charge in [-0.2, -0.15) is 0 Å². The Labute approximate surface area is 157 Å². The third kappa shape index (κ3) is 3.37. The van der Waals surface area contributed by atoms with Crippen molar-refractivity contribution in [1.29, 1.82) is 0 Å². The van der Waals surface area contributed by atoms with Crippen LogP contribution in [0.2, 0.25) is 0 Å². The van der Waals surface area contributed by atoms with E-state index >= 15 is 0 Å². The Morgan fingerprint density at radius 2 is 1.73 bits per heavy atom. The van der Waals surface area contributed by atoms with Crippen molar-refractivity contribution < 1.29 is 14.1 Å². The number of Topliss-reactive ketones (excluding diaryl/α,β-unsaturated/α-hetero) is 1. The summed E-state index contributed by atoms with van der Waals surface area (Å²) in [5, 5.41) is 3.62. The second-order valence-corrected chi connectivity index (χ2v) is 9.28. The van der Waals surface area contributed by atoms with Gasteiger partial charge in [-0.15, -0.1) is 0 Å². The van der Waals surface area contributed by atoms with E-state index in [2.05, 4.69) is 39.1 Å². The van der Waals surface area contributed by atoms with Crippen LogP contribution in [0.5, 0.6) is 0 Å². The molecule has 1 aromatic carbocycles. The van der Waals surface area contributed by atoms with E-state index in [1.54, 1.807) is 0 Å². The monoisotopic (exact) mass is 355 g/mol. The van der Waals surface area contributed by atoms with Crippen LogP contribution in [0.25, 0.3) is 0 Å². The number of hydrogen-bond acceptors (Lipinski definition) is 4. The summed E-state index contributed by atoms with van der Waals surface area (Å²) in [6.45, 7) is 8.25. The highest BCUT2D eigenvalue weighted by molar-refractivity contribution is 6.62. The number of carbonyl (C=O) groups is 1. The number of fused-ring (bicyclic) bond motifs is 2. The summed E-state index contributed by atoms with van der Waals surface area (Å²) in [6, 6.07) is 9.27. The van der Waals surface area contributed by atoms with Gasteiger partial charge in [0.15, 0.2) is 0 Å². The minimum atomic E-state index is -0.371. The standard InChI is InChI=1S/C21H30BNO3/c1-20(2)21(3,4)26-22(25-20)16-7-5-6-14(10-16)11-19(24)15-12-17-8-9-18(13-15)23-17/h5-7,10,15,17-18,23H,8-9,11-13H2,1-4H3. The largest absolute Gasteiger partial charge is 0.494 e. The highest BCUT2D eigenvalue weighted by Gasteiger charge is 2.51. The van der Waals surface area contributed by atoms with Gasteiger partial charge in [-0.25, -0.2) is 0 Å². The molecule has 4 nitrogen and oxygen atoms in total. The van der Waals surface area contributed by atoms with Gasteiger partial charge in [0.1, 0.15) is 5.78 Å². The fraction of sp³-hybridized carbons (Fsp3) is 0.667. The lowest BCUT2D eigenvalue weighted by atomic mass is 9.77. The molecule has 5 heteroatoms. The summed E-state index contributed by atoms with van der Waals surface area (Å²) in [5.74, 6) is 0.601. The Bertz CT molecular complexity index is 674. The molecular formula is C21H30BNO3. The number of nitrogens with one attached hydrogen (secondary N) is 1. The SMILES string of the molecule is CC1(C)OB(c2cccc(CC(=O)C3CC4CCC(C3)N4)c2)OC1(C)C. The zero-order valence-corrected chi connectivity index (χ0v) is 16.4. The minimum Gasteiger partial charge on any atom is -0.399 e. The van der Waals surface area contributed by atoms with Crippen LogP contribution in [-0.4, -0.2) is 36.2 Å². The maximum absolute atomic E-state index is 12.8. The number of hydrogen-bond donors (Lipinski definition) is 1. The van der Waals surface area contributed by atoms with Crippen molar-refractivity contribution in [1.82, 2.24) is 5.32 Å². The smallest absolute Gasteiger partial charge is 0.399 e. The maximum atomic E-state index is 12.8. The van der Waals surface area contributed by atoms with Crippen LogP contribution >= 0.6 is 0 Å². The van der Waals surface area contributed by atoms with Gasteiger partial charge in [0.25, 0.3) is 0 Å². The molecule has 0 aromatic heterocycles. The van der Waals surface area contributed by atoms with Crippen LogP contribution in [0.1, 0.15) is 58.9 Å². The van der Waals surface area contributed by atoms with E-state index in [9.17, 15) is 4.79 Å². The highest BCUT2D eigenvalue weighted by Crippen LogP contribution is 2.36. The first-order valence-corrected chi connectivity index (χ1v) is 9.97. The molecule has 1 N–H and O–H groups in total. The van der Waals surface area contributed by atoms with E-state index in [-0.39, 0.29) is 24.2 Å². The zero-order valence-electron chi connectivity index (χ0n) is 16.4. The van der Waals surface area contributed by atoms with E-state index < -0.39 is 0 Å². The van der Waals surface area contributed by atoms with Crippen molar-refractivity contribution in [3.8, 4) is 0 Å². The third-order valence-corrected chi connectivity index (χ3v) is 6.78. The number of carbonyl (C=O) groups excluding carboxylic acids is 1. The minimum absolute atomic E-state index is 0.217. The summed E-state index contributed by atoms with van der Waals surface area (Å²) in [4.78, 5) is 12.8. The van der Waals surface area contributed by atoms with Crippen LogP contribution < -0.4 is 10.8 Å². The van der Waals surface area contributed by atoms with E-state index in [0.29, 0.717) is 24.3 Å². The first-order chi connectivity index (χ1) is 12.2. The average molecular weight is 355 g/mol. The first kappa shape index (κ1) is 18.2. The Morgan fingerprint density at radius 3 is 2.35 bits per heavy atom. The number of rotatable bonds is 4. The Kier molecular flexibility index (Phi) is 4.53. The fourth-order valence-corrected chi connectivity index (χ4v) is 4.49. The average Bonchev–Trinajstić information content (AvgIpc) is 3.02. The molecule has 0 aliphatic carbocycles. The molecule has 0 spiro atoms. The summed E-state index contributed by atoms with van der Waals surface area (Å²) < 4.78 is 12.3. The van der Waals surface area contributed by atoms with Crippen LogP contribution in [0, 0.1) is 5.92 Å². The van der Waals surface area contributed by atoms with Crippen LogP contribution in [0.3, 0.4) is 0 Å². The van der Waals surface area contributed by atoms with Gasteiger partial charge >= 0.3 is 7.12 Å². The van der Waals surface area contributed by atoms with Crippen molar-refractivity contribution in [2.45, 2.75) is 83.1 Å². The molecule has 3 heterocycles. The lowest BCUT2D eigenvalue weighted by molar-refractivity contribution is -0.123. The Balaban J connectivity index is 1.44. The molecular weight excluding hydrogens is 325 g/mol. The van der Waals surface area contributed by atoms with Gasteiger partial charge < -0.3 is 14.6 Å². The Hall–Kier alpha value is -1.17. The summed E-state index contributed by atoms with van der Waals surface area (Å²) in [5.41, 5.74) is 1.36. The van der Waals surface area contributed by atoms with Gasteiger partial charge in [-0.05, 0) is 64.4 Å². The third-order valence-electron chi connectivity index (χ3n) is 6.78. The lowest BCUT2D eigenvalue weighted by Gasteiger charge is -2.32. The normalized spacial score (nSPS) is 32.0. The molecule has 4 rings (SSSR count). The van der Waals surface area contributed by atoms with E-state index in [1.807, 2.05) is 18.2 Å². The molecule has 3 aliphatic rings. The summed E-state index contributed by atoms with van der Waals surface area (Å²) in [6.07, 6.45) is 4.98. The maximum Gasteiger partial charge on any atom is 0.494 e. The van der Waals surface area contributed by atoms with Gasteiger partial charge in [-0.3, -0.25) is 4.79 Å². The Morgan fingerprint density at radius 1 is 1.12 bits per heavy atom. The summed E-state index contributed by atoms with van der Waals surface area (Å²) in [7, 11) is -0.371. The molecule has 3 aliphatic heterocycles. The highest BCUT2D eigenvalue weighted by atomic mass is 16.7. The number of piperidine rings is 1. The molecule has 2 bridgehead atoms. The van der Waals surface area contributed by atoms with Crippen molar-refractivity contribution in [3.05, 3.63) is 29.8 Å². The van der Waals surface area contributed by atoms with Gasteiger partial charge in [0.05, 0.1) is 11.2 Å². The molecule has 3 fully saturated rings. The predicted octanol–water partition coefficient (Wildman–Crippen LogP) is 2.63. The van der Waals surface area contributed by atoms with Crippen LogP contribution in [0.15, 0.2) is 24.3 Å². The second kappa shape index (κ2) is 6.47. The van der Waals surface area contributed by atoms with Gasteiger partial charge in [0, 0.05) is 24.4 Å². The van der Waals surface area contributed by atoms with E-state index in [1.165, 1.54) is 12.8 Å². The molecule has 1 aromatic rings. The quantitative estimate of drug-likeness (QED) is 0.844.